The van der Waals surface area contributed by atoms with Crippen molar-refractivity contribution in [2.45, 2.75) is 0 Å². The van der Waals surface area contributed by atoms with Crippen molar-refractivity contribution in [1.29, 1.82) is 0 Å². The molecular weight excluding hydrogens is 589 g/mol. The molecule has 10 aromatic rings. The fourth-order valence-corrected chi connectivity index (χ4v) is 6.93. The largest absolute Gasteiger partial charge is 0.435 e. The van der Waals surface area contributed by atoms with Crippen LogP contribution in [0.4, 0.5) is 0 Å². The Hall–Kier alpha value is -6.59. The van der Waals surface area contributed by atoms with E-state index in [1.54, 1.807) is 0 Å². The fraction of sp³-hybridized carbons (Fsp3) is 0. The normalized spacial score (nSPS) is 11.8. The molecule has 5 heteroatoms. The molecule has 0 aliphatic carbocycles. The van der Waals surface area contributed by atoms with E-state index < -0.39 is 0 Å². The molecule has 0 saturated heterocycles. The number of hydrogen-bond donors (Lipinski definition) is 0. The Morgan fingerprint density at radius 2 is 1.04 bits per heavy atom. The summed E-state index contributed by atoms with van der Waals surface area (Å²) >= 11 is 0. The van der Waals surface area contributed by atoms with Crippen molar-refractivity contribution >= 4 is 54.7 Å². The third kappa shape index (κ3) is 4.15. The molecule has 5 nitrogen and oxygen atoms in total. The van der Waals surface area contributed by atoms with Crippen molar-refractivity contribution in [3.8, 4) is 39.7 Å². The summed E-state index contributed by atoms with van der Waals surface area (Å²) in [6.07, 6.45) is 0. The predicted octanol–water partition coefficient (Wildman–Crippen LogP) is 11.0. The lowest BCUT2D eigenvalue weighted by molar-refractivity contribution is 0.623. The second kappa shape index (κ2) is 10.5. The number of rotatable bonds is 4. The number of oxazole rings is 1. The lowest BCUT2D eigenvalue weighted by atomic mass is 10.0. The molecule has 0 N–H and O–H groups in total. The summed E-state index contributed by atoms with van der Waals surface area (Å²) in [6, 6.07) is 54.4. The molecule has 0 amide bonds. The highest BCUT2D eigenvalue weighted by Gasteiger charge is 2.18. The van der Waals surface area contributed by atoms with Crippen LogP contribution in [0.5, 0.6) is 0 Å². The van der Waals surface area contributed by atoms with Crippen molar-refractivity contribution in [3.05, 3.63) is 158 Å². The Morgan fingerprint density at radius 3 is 1.85 bits per heavy atom. The van der Waals surface area contributed by atoms with Crippen molar-refractivity contribution in [2.24, 2.45) is 0 Å². The van der Waals surface area contributed by atoms with Gasteiger partial charge in [0, 0.05) is 38.5 Å². The molecule has 0 fully saturated rings. The second-order valence-electron chi connectivity index (χ2n) is 12.1. The summed E-state index contributed by atoms with van der Waals surface area (Å²) in [5, 5.41) is 4.56. The van der Waals surface area contributed by atoms with E-state index in [9.17, 15) is 0 Å². The van der Waals surface area contributed by atoms with Gasteiger partial charge in [0.15, 0.2) is 5.58 Å². The first-order chi connectivity index (χ1) is 23.8. The molecule has 0 bridgehead atoms. The van der Waals surface area contributed by atoms with Crippen LogP contribution in [0.3, 0.4) is 0 Å². The first-order valence-corrected chi connectivity index (χ1v) is 16.0. The average molecular weight is 615 g/mol. The molecule has 7 aromatic carbocycles. The van der Waals surface area contributed by atoms with Crippen LogP contribution in [0.2, 0.25) is 0 Å². The Labute approximate surface area is 275 Å². The molecular formula is C43H26N4O. The van der Waals surface area contributed by atoms with Crippen LogP contribution in [-0.2, 0) is 0 Å². The van der Waals surface area contributed by atoms with Gasteiger partial charge in [-0.3, -0.25) is 0 Å². The lowest BCUT2D eigenvalue weighted by Crippen LogP contribution is -1.96. The zero-order valence-corrected chi connectivity index (χ0v) is 25.7. The molecule has 0 unspecified atom stereocenters. The molecule has 3 heterocycles. The summed E-state index contributed by atoms with van der Waals surface area (Å²) in [7, 11) is 0. The van der Waals surface area contributed by atoms with Gasteiger partial charge in [0.1, 0.15) is 5.52 Å². The molecule has 0 spiro atoms. The van der Waals surface area contributed by atoms with Gasteiger partial charge in [-0.15, -0.1) is 0 Å². The Balaban J connectivity index is 1.12. The van der Waals surface area contributed by atoms with Gasteiger partial charge in [-0.25, -0.2) is 15.0 Å². The zero-order valence-electron chi connectivity index (χ0n) is 25.7. The second-order valence-corrected chi connectivity index (χ2v) is 12.1. The molecule has 224 valence electrons. The van der Waals surface area contributed by atoms with Crippen LogP contribution in [0, 0.1) is 0 Å². The smallest absolute Gasteiger partial charge is 0.227 e. The quantitative estimate of drug-likeness (QED) is 0.198. The maximum absolute atomic E-state index is 6.33. The van der Waals surface area contributed by atoms with Gasteiger partial charge in [-0.1, -0.05) is 97.1 Å². The SMILES string of the molecule is c1ccc(-n2c3ccccc3c3cc(-c4nc5ccccc5nc4-c4ccc(-c5nc6ccc7ccccc7c6o5)cc4)ccc32)cc1. The van der Waals surface area contributed by atoms with E-state index in [0.717, 1.165) is 72.2 Å². The van der Waals surface area contributed by atoms with E-state index in [1.165, 1.54) is 16.3 Å². The van der Waals surface area contributed by atoms with Crippen molar-refractivity contribution in [1.82, 2.24) is 19.5 Å². The monoisotopic (exact) mass is 614 g/mol. The summed E-state index contributed by atoms with van der Waals surface area (Å²) in [5.74, 6) is 0.595. The molecule has 0 aliphatic heterocycles. The minimum Gasteiger partial charge on any atom is -0.435 e. The van der Waals surface area contributed by atoms with Crippen LogP contribution in [0.15, 0.2) is 162 Å². The summed E-state index contributed by atoms with van der Waals surface area (Å²) in [6.45, 7) is 0. The van der Waals surface area contributed by atoms with Crippen molar-refractivity contribution in [2.75, 3.05) is 0 Å². The molecule has 48 heavy (non-hydrogen) atoms. The minimum absolute atomic E-state index is 0.595. The van der Waals surface area contributed by atoms with Gasteiger partial charge >= 0.3 is 0 Å². The summed E-state index contributed by atoms with van der Waals surface area (Å²) in [4.78, 5) is 15.2. The van der Waals surface area contributed by atoms with Gasteiger partial charge in [-0.05, 0) is 66.0 Å². The van der Waals surface area contributed by atoms with Gasteiger partial charge in [0.05, 0.1) is 33.5 Å². The van der Waals surface area contributed by atoms with Gasteiger partial charge in [0.25, 0.3) is 0 Å². The van der Waals surface area contributed by atoms with Crippen molar-refractivity contribution < 1.29 is 4.42 Å². The van der Waals surface area contributed by atoms with E-state index in [0.29, 0.717) is 5.89 Å². The molecule has 0 atom stereocenters. The number of hydrogen-bond acceptors (Lipinski definition) is 4. The van der Waals surface area contributed by atoms with Crippen LogP contribution in [0.25, 0.3) is 94.4 Å². The highest BCUT2D eigenvalue weighted by molar-refractivity contribution is 6.11. The Morgan fingerprint density at radius 1 is 0.417 bits per heavy atom. The first kappa shape index (κ1) is 26.6. The van der Waals surface area contributed by atoms with Crippen LogP contribution in [-0.4, -0.2) is 19.5 Å². The summed E-state index contributed by atoms with van der Waals surface area (Å²) in [5.41, 5.74) is 11.4. The average Bonchev–Trinajstić information content (AvgIpc) is 3.75. The topological polar surface area (TPSA) is 56.7 Å². The van der Waals surface area contributed by atoms with Gasteiger partial charge in [0.2, 0.25) is 5.89 Å². The van der Waals surface area contributed by atoms with Crippen LogP contribution >= 0.6 is 0 Å². The third-order valence-electron chi connectivity index (χ3n) is 9.22. The van der Waals surface area contributed by atoms with Crippen LogP contribution < -0.4 is 0 Å². The molecule has 3 aromatic heterocycles. The lowest BCUT2D eigenvalue weighted by Gasteiger charge is -2.12. The number of fused-ring (bicyclic) bond motifs is 7. The number of para-hydroxylation sites is 4. The molecule has 0 radical (unpaired) electrons. The summed E-state index contributed by atoms with van der Waals surface area (Å²) < 4.78 is 8.66. The predicted molar refractivity (Wildman–Crippen MR) is 195 cm³/mol. The Bertz CT molecular complexity index is 2830. The Kier molecular flexibility index (Phi) is 5.81. The van der Waals surface area contributed by atoms with E-state index >= 15 is 0 Å². The van der Waals surface area contributed by atoms with Crippen molar-refractivity contribution in [3.63, 3.8) is 0 Å². The highest BCUT2D eigenvalue weighted by atomic mass is 16.3. The maximum atomic E-state index is 6.33. The standard InChI is InChI=1S/C43H26N4O/c1-2-11-31(12-3-1)47-38-17-9-6-14-33(38)34-26-30(23-25-39(34)47)41-40(44-35-15-7-8-16-36(35)45-41)28-18-20-29(21-19-28)43-46-37-24-22-27-10-4-5-13-32(27)42(37)48-43/h1-26H. The zero-order chi connectivity index (χ0) is 31.6. The first-order valence-electron chi connectivity index (χ1n) is 16.0. The van der Waals surface area contributed by atoms with Gasteiger partial charge < -0.3 is 8.98 Å². The van der Waals surface area contributed by atoms with E-state index in [-0.39, 0.29) is 0 Å². The maximum Gasteiger partial charge on any atom is 0.227 e. The van der Waals surface area contributed by atoms with E-state index in [2.05, 4.69) is 120 Å². The fourth-order valence-electron chi connectivity index (χ4n) is 6.93. The number of benzene rings is 7. The number of aromatic nitrogens is 4. The molecule has 0 aliphatic rings. The minimum atomic E-state index is 0.595. The number of nitrogens with zero attached hydrogens (tertiary/aromatic N) is 4. The highest BCUT2D eigenvalue weighted by Crippen LogP contribution is 2.38. The molecule has 0 saturated carbocycles. The van der Waals surface area contributed by atoms with Crippen LogP contribution in [0.1, 0.15) is 0 Å². The molecule has 10 rings (SSSR count). The van der Waals surface area contributed by atoms with E-state index in [1.807, 2.05) is 42.5 Å². The third-order valence-corrected chi connectivity index (χ3v) is 9.22. The van der Waals surface area contributed by atoms with E-state index in [4.69, 9.17) is 19.4 Å². The van der Waals surface area contributed by atoms with Gasteiger partial charge in [-0.2, -0.15) is 0 Å².